The number of nitrogens with zero attached hydrogens (tertiary/aromatic N) is 4. The number of carbonyl (C=O) groups is 2. The number of piperidine rings is 1. The van der Waals surface area contributed by atoms with E-state index in [0.717, 1.165) is 5.56 Å². The van der Waals surface area contributed by atoms with Gasteiger partial charge >= 0.3 is 0 Å². The molecule has 0 unspecified atom stereocenters. The monoisotopic (exact) mass is 417 g/mol. The fourth-order valence-corrected chi connectivity index (χ4v) is 3.57. The van der Waals surface area contributed by atoms with Crippen molar-refractivity contribution in [2.75, 3.05) is 20.2 Å². The molecule has 0 saturated carbocycles. The Bertz CT molecular complexity index is 1050. The zero-order valence-electron chi connectivity index (χ0n) is 17.2. The molecule has 31 heavy (non-hydrogen) atoms. The zero-order valence-corrected chi connectivity index (χ0v) is 17.2. The highest BCUT2D eigenvalue weighted by atomic mass is 16.5. The third-order valence-electron chi connectivity index (χ3n) is 5.30. The van der Waals surface area contributed by atoms with Gasteiger partial charge in [0.1, 0.15) is 0 Å². The predicted octanol–water partition coefficient (Wildman–Crippen LogP) is 2.58. The van der Waals surface area contributed by atoms with E-state index in [1.807, 2.05) is 29.2 Å². The van der Waals surface area contributed by atoms with Crippen LogP contribution in [0.3, 0.4) is 0 Å². The lowest BCUT2D eigenvalue weighted by Crippen LogP contribution is -2.46. The molecule has 2 amide bonds. The van der Waals surface area contributed by atoms with E-state index in [1.54, 1.807) is 36.7 Å². The maximum Gasteiger partial charge on any atom is 0.253 e. The Hall–Kier alpha value is -3.81. The molecule has 158 valence electrons. The van der Waals surface area contributed by atoms with Crippen molar-refractivity contribution in [3.8, 4) is 17.1 Å². The van der Waals surface area contributed by atoms with Crippen molar-refractivity contribution in [2.45, 2.75) is 18.9 Å². The lowest BCUT2D eigenvalue weighted by molar-refractivity contribution is 0.0698. The largest absolute Gasteiger partial charge is 0.480 e. The Morgan fingerprint density at radius 2 is 1.84 bits per heavy atom. The van der Waals surface area contributed by atoms with Crippen LogP contribution in [0.2, 0.25) is 0 Å². The highest BCUT2D eigenvalue weighted by Crippen LogP contribution is 2.21. The van der Waals surface area contributed by atoms with Gasteiger partial charge in [0, 0.05) is 48.7 Å². The molecular weight excluding hydrogens is 394 g/mol. The molecule has 0 bridgehead atoms. The van der Waals surface area contributed by atoms with Crippen LogP contribution in [0.25, 0.3) is 11.3 Å². The van der Waals surface area contributed by atoms with Gasteiger partial charge in [0.05, 0.1) is 18.4 Å². The molecule has 0 spiro atoms. The normalized spacial score (nSPS) is 14.2. The van der Waals surface area contributed by atoms with Gasteiger partial charge in [-0.3, -0.25) is 14.6 Å². The van der Waals surface area contributed by atoms with E-state index in [0.29, 0.717) is 48.6 Å². The van der Waals surface area contributed by atoms with E-state index in [2.05, 4.69) is 20.5 Å². The molecule has 1 saturated heterocycles. The zero-order chi connectivity index (χ0) is 21.6. The average molecular weight is 417 g/mol. The lowest BCUT2D eigenvalue weighted by Gasteiger charge is -2.32. The second-order valence-corrected chi connectivity index (χ2v) is 7.32. The van der Waals surface area contributed by atoms with Gasteiger partial charge in [-0.1, -0.05) is 12.1 Å². The van der Waals surface area contributed by atoms with Crippen LogP contribution in [0.15, 0.2) is 60.9 Å². The summed E-state index contributed by atoms with van der Waals surface area (Å²) in [6.45, 7) is 1.17. The number of methoxy groups -OCH3 is 1. The number of hydrogen-bond acceptors (Lipinski definition) is 6. The highest BCUT2D eigenvalue weighted by Gasteiger charge is 2.25. The summed E-state index contributed by atoms with van der Waals surface area (Å²) in [6, 6.07) is 14.4. The van der Waals surface area contributed by atoms with E-state index in [1.165, 1.54) is 7.11 Å². The minimum Gasteiger partial charge on any atom is -0.480 e. The van der Waals surface area contributed by atoms with Crippen LogP contribution in [0.1, 0.15) is 33.6 Å². The minimum atomic E-state index is -0.133. The van der Waals surface area contributed by atoms with Gasteiger partial charge in [-0.25, -0.2) is 0 Å². The van der Waals surface area contributed by atoms with Gasteiger partial charge < -0.3 is 15.0 Å². The Morgan fingerprint density at radius 1 is 1.03 bits per heavy atom. The van der Waals surface area contributed by atoms with Gasteiger partial charge in [-0.2, -0.15) is 0 Å². The molecule has 1 fully saturated rings. The Morgan fingerprint density at radius 3 is 2.52 bits per heavy atom. The molecule has 0 aliphatic carbocycles. The van der Waals surface area contributed by atoms with Crippen LogP contribution >= 0.6 is 0 Å². The number of carbonyl (C=O) groups excluding carboxylic acids is 2. The topological polar surface area (TPSA) is 97.3 Å². The summed E-state index contributed by atoms with van der Waals surface area (Å²) in [5.41, 5.74) is 2.64. The Balaban J connectivity index is 1.37. The predicted molar refractivity (Wildman–Crippen MR) is 115 cm³/mol. The number of nitrogens with one attached hydrogen (secondary N) is 1. The first-order valence-electron chi connectivity index (χ1n) is 10.1. The molecule has 4 rings (SSSR count). The Labute approximate surface area is 180 Å². The van der Waals surface area contributed by atoms with Crippen molar-refractivity contribution in [1.29, 1.82) is 0 Å². The molecule has 1 aliphatic heterocycles. The van der Waals surface area contributed by atoms with Crippen molar-refractivity contribution in [3.05, 3.63) is 72.1 Å². The quantitative estimate of drug-likeness (QED) is 0.685. The molecule has 2 aromatic heterocycles. The van der Waals surface area contributed by atoms with Crippen molar-refractivity contribution in [3.63, 3.8) is 0 Å². The number of ether oxygens (including phenoxy) is 1. The molecule has 1 aromatic carbocycles. The molecule has 8 heteroatoms. The average Bonchev–Trinajstić information content (AvgIpc) is 2.85. The van der Waals surface area contributed by atoms with E-state index < -0.39 is 0 Å². The fourth-order valence-electron chi connectivity index (χ4n) is 3.57. The van der Waals surface area contributed by atoms with Crippen LogP contribution in [0.5, 0.6) is 5.88 Å². The number of hydrogen-bond donors (Lipinski definition) is 1. The molecular formula is C23H23N5O3. The van der Waals surface area contributed by atoms with Crippen LogP contribution in [-0.4, -0.2) is 58.1 Å². The molecule has 0 atom stereocenters. The van der Waals surface area contributed by atoms with Crippen LogP contribution in [-0.2, 0) is 0 Å². The third-order valence-corrected chi connectivity index (χ3v) is 5.30. The van der Waals surface area contributed by atoms with Gasteiger partial charge in [-0.05, 0) is 43.2 Å². The van der Waals surface area contributed by atoms with E-state index in [-0.39, 0.29) is 17.9 Å². The SMILES string of the molecule is COc1ccc(-c2cccc(C(=O)N3CCC(NC(=O)c4cccnc4)CC3)c2)nn1. The summed E-state index contributed by atoms with van der Waals surface area (Å²) >= 11 is 0. The van der Waals surface area contributed by atoms with E-state index in [9.17, 15) is 9.59 Å². The number of rotatable bonds is 5. The van der Waals surface area contributed by atoms with Crippen LogP contribution < -0.4 is 10.1 Å². The lowest BCUT2D eigenvalue weighted by atomic mass is 10.0. The first-order valence-corrected chi connectivity index (χ1v) is 10.1. The van der Waals surface area contributed by atoms with Crippen molar-refractivity contribution in [1.82, 2.24) is 25.4 Å². The van der Waals surface area contributed by atoms with E-state index in [4.69, 9.17) is 4.74 Å². The highest BCUT2D eigenvalue weighted by molar-refractivity contribution is 5.96. The van der Waals surface area contributed by atoms with Crippen LogP contribution in [0.4, 0.5) is 0 Å². The standard InChI is InChI=1S/C23H23N5O3/c1-31-21-8-7-20(26-27-21)16-4-2-5-17(14-16)23(30)28-12-9-19(10-13-28)25-22(29)18-6-3-11-24-15-18/h2-8,11,14-15,19H,9-10,12-13H2,1H3,(H,25,29). The molecule has 3 aromatic rings. The number of benzene rings is 1. The summed E-state index contributed by atoms with van der Waals surface area (Å²) < 4.78 is 5.04. The summed E-state index contributed by atoms with van der Waals surface area (Å²) in [4.78, 5) is 31.1. The smallest absolute Gasteiger partial charge is 0.253 e. The minimum absolute atomic E-state index is 0.0274. The summed E-state index contributed by atoms with van der Waals surface area (Å²) in [7, 11) is 1.54. The van der Waals surface area contributed by atoms with Gasteiger partial charge in [0.15, 0.2) is 0 Å². The van der Waals surface area contributed by atoms with Crippen molar-refractivity contribution in [2.24, 2.45) is 0 Å². The Kier molecular flexibility index (Phi) is 6.16. The maximum atomic E-state index is 13.0. The van der Waals surface area contributed by atoms with Gasteiger partial charge in [0.2, 0.25) is 5.88 Å². The van der Waals surface area contributed by atoms with Gasteiger partial charge in [0.25, 0.3) is 11.8 Å². The molecule has 1 N–H and O–H groups in total. The fraction of sp³-hybridized carbons (Fsp3) is 0.261. The third kappa shape index (κ3) is 4.85. The van der Waals surface area contributed by atoms with Gasteiger partial charge in [-0.15, -0.1) is 10.2 Å². The number of aromatic nitrogens is 3. The summed E-state index contributed by atoms with van der Waals surface area (Å²) in [5, 5.41) is 11.2. The first-order chi connectivity index (χ1) is 15.1. The molecule has 1 aliphatic rings. The summed E-state index contributed by atoms with van der Waals surface area (Å²) in [5.74, 6) is 0.279. The number of likely N-dealkylation sites (tertiary alicyclic amines) is 1. The summed E-state index contributed by atoms with van der Waals surface area (Å²) in [6.07, 6.45) is 4.61. The molecule has 8 nitrogen and oxygen atoms in total. The second-order valence-electron chi connectivity index (χ2n) is 7.32. The number of pyridine rings is 1. The van der Waals surface area contributed by atoms with Crippen molar-refractivity contribution < 1.29 is 14.3 Å². The molecule has 0 radical (unpaired) electrons. The van der Waals surface area contributed by atoms with Crippen molar-refractivity contribution >= 4 is 11.8 Å². The first kappa shape index (κ1) is 20.5. The second kappa shape index (κ2) is 9.34. The van der Waals surface area contributed by atoms with Crippen LogP contribution in [0, 0.1) is 0 Å². The number of amides is 2. The van der Waals surface area contributed by atoms with E-state index >= 15 is 0 Å². The molecule has 3 heterocycles. The maximum absolute atomic E-state index is 13.0.